The van der Waals surface area contributed by atoms with Crippen LogP contribution in [0.5, 0.6) is 0 Å². The lowest BCUT2D eigenvalue weighted by molar-refractivity contribution is 0.563. The minimum absolute atomic E-state index is 0.485. The van der Waals surface area contributed by atoms with Crippen LogP contribution in [0.15, 0.2) is 9.98 Å². The molecule has 0 bridgehead atoms. The molecule has 60 valence electrons. The molecule has 0 aromatic rings. The van der Waals surface area contributed by atoms with Gasteiger partial charge in [-0.1, -0.05) is 0 Å². The van der Waals surface area contributed by atoms with Crippen molar-refractivity contribution in [1.29, 1.82) is 0 Å². The van der Waals surface area contributed by atoms with E-state index in [1.54, 1.807) is 11.8 Å². The highest BCUT2D eigenvalue weighted by molar-refractivity contribution is 7.99. The van der Waals surface area contributed by atoms with Gasteiger partial charge in [-0.3, -0.25) is 0 Å². The molecule has 0 aliphatic rings. The number of nitrogens with zero attached hydrogens (tertiary/aromatic N) is 2. The lowest BCUT2D eigenvalue weighted by Crippen LogP contribution is -1.89. The Labute approximate surface area is 68.8 Å². The maximum Gasteiger partial charge on any atom is 0.234 e. The SMILES string of the molecule is O=C=NCCSCCN=C=O. The molecular formula is C6H8N2O2S. The van der Waals surface area contributed by atoms with E-state index in [0.29, 0.717) is 13.1 Å². The first kappa shape index (κ1) is 10.1. The largest absolute Gasteiger partial charge is 0.234 e. The van der Waals surface area contributed by atoms with E-state index in [2.05, 4.69) is 9.98 Å². The molecule has 0 aliphatic carbocycles. The number of hydrogen-bond donors (Lipinski definition) is 0. The number of hydrogen-bond acceptors (Lipinski definition) is 5. The zero-order valence-corrected chi connectivity index (χ0v) is 6.76. The molecule has 0 fully saturated rings. The molecule has 0 spiro atoms. The fourth-order valence-corrected chi connectivity index (χ4v) is 1.06. The van der Waals surface area contributed by atoms with E-state index in [-0.39, 0.29) is 0 Å². The van der Waals surface area contributed by atoms with E-state index in [0.717, 1.165) is 11.5 Å². The van der Waals surface area contributed by atoms with E-state index < -0.39 is 0 Å². The van der Waals surface area contributed by atoms with E-state index in [1.807, 2.05) is 0 Å². The summed E-state index contributed by atoms with van der Waals surface area (Å²) in [4.78, 5) is 25.8. The van der Waals surface area contributed by atoms with Gasteiger partial charge >= 0.3 is 0 Å². The summed E-state index contributed by atoms with van der Waals surface area (Å²) < 4.78 is 0. The van der Waals surface area contributed by atoms with Crippen molar-refractivity contribution in [3.8, 4) is 0 Å². The molecule has 0 aliphatic heterocycles. The highest BCUT2D eigenvalue weighted by Crippen LogP contribution is 1.97. The topological polar surface area (TPSA) is 58.9 Å². The van der Waals surface area contributed by atoms with Crippen molar-refractivity contribution in [1.82, 2.24) is 0 Å². The average Bonchev–Trinajstić information content (AvgIpc) is 2.03. The summed E-state index contributed by atoms with van der Waals surface area (Å²) in [6.07, 6.45) is 2.89. The molecule has 4 nitrogen and oxygen atoms in total. The maximum atomic E-state index is 9.57. The summed E-state index contributed by atoms with van der Waals surface area (Å²) >= 11 is 1.59. The minimum atomic E-state index is 0.485. The third-order valence-electron chi connectivity index (χ3n) is 0.824. The van der Waals surface area contributed by atoms with Gasteiger partial charge in [0.25, 0.3) is 0 Å². The van der Waals surface area contributed by atoms with Gasteiger partial charge in [-0.2, -0.15) is 11.8 Å². The van der Waals surface area contributed by atoms with Crippen molar-refractivity contribution in [3.05, 3.63) is 0 Å². The van der Waals surface area contributed by atoms with Crippen molar-refractivity contribution in [2.45, 2.75) is 0 Å². The number of aliphatic imine (C=N–C) groups is 2. The molecule has 0 rings (SSSR count). The molecule has 0 unspecified atom stereocenters. The number of rotatable bonds is 6. The summed E-state index contributed by atoms with van der Waals surface area (Å²) in [5.41, 5.74) is 0. The van der Waals surface area contributed by atoms with E-state index in [9.17, 15) is 9.59 Å². The van der Waals surface area contributed by atoms with Crippen LogP contribution in [-0.4, -0.2) is 36.8 Å². The molecule has 0 N–H and O–H groups in total. The quantitative estimate of drug-likeness (QED) is 0.331. The molecule has 11 heavy (non-hydrogen) atoms. The van der Waals surface area contributed by atoms with Gasteiger partial charge in [-0.05, 0) is 0 Å². The fraction of sp³-hybridized carbons (Fsp3) is 0.667. The van der Waals surface area contributed by atoms with Gasteiger partial charge < -0.3 is 0 Å². The van der Waals surface area contributed by atoms with Crippen molar-refractivity contribution >= 4 is 23.9 Å². The van der Waals surface area contributed by atoms with Crippen molar-refractivity contribution in [2.24, 2.45) is 9.98 Å². The van der Waals surface area contributed by atoms with Gasteiger partial charge in [0.2, 0.25) is 12.2 Å². The Morgan fingerprint density at radius 1 is 1.00 bits per heavy atom. The Bertz CT molecular complexity index is 163. The van der Waals surface area contributed by atoms with Gasteiger partial charge in [-0.15, -0.1) is 0 Å². The van der Waals surface area contributed by atoms with Crippen LogP contribution in [0.25, 0.3) is 0 Å². The van der Waals surface area contributed by atoms with E-state index in [4.69, 9.17) is 0 Å². The van der Waals surface area contributed by atoms with Gasteiger partial charge in [0.15, 0.2) is 0 Å². The van der Waals surface area contributed by atoms with Gasteiger partial charge in [0, 0.05) is 11.5 Å². The maximum absolute atomic E-state index is 9.57. The Morgan fingerprint density at radius 2 is 1.45 bits per heavy atom. The lowest BCUT2D eigenvalue weighted by Gasteiger charge is -1.91. The predicted octanol–water partition coefficient (Wildman–Crippen LogP) is 0.391. The monoisotopic (exact) mass is 172 g/mol. The molecular weight excluding hydrogens is 164 g/mol. The van der Waals surface area contributed by atoms with Crippen LogP contribution in [0, 0.1) is 0 Å². The first-order valence-corrected chi connectivity index (χ1v) is 4.22. The van der Waals surface area contributed by atoms with Crippen LogP contribution >= 0.6 is 11.8 Å². The summed E-state index contributed by atoms with van der Waals surface area (Å²) in [5, 5.41) is 0. The van der Waals surface area contributed by atoms with Crippen molar-refractivity contribution in [2.75, 3.05) is 24.6 Å². The molecule has 0 heterocycles. The average molecular weight is 172 g/mol. The molecule has 0 radical (unpaired) electrons. The van der Waals surface area contributed by atoms with Crippen LogP contribution in [0.3, 0.4) is 0 Å². The molecule has 0 atom stereocenters. The smallest absolute Gasteiger partial charge is 0.211 e. The summed E-state index contributed by atoms with van der Waals surface area (Å²) in [6.45, 7) is 0.970. The molecule has 0 aromatic carbocycles. The fourth-order valence-electron chi connectivity index (χ4n) is 0.414. The summed E-state index contributed by atoms with van der Waals surface area (Å²) in [7, 11) is 0. The minimum Gasteiger partial charge on any atom is -0.211 e. The summed E-state index contributed by atoms with van der Waals surface area (Å²) in [6, 6.07) is 0. The van der Waals surface area contributed by atoms with Crippen LogP contribution < -0.4 is 0 Å². The standard InChI is InChI=1S/C6H8N2O2S/c9-5-7-1-3-11-4-2-8-6-10/h1-4H2. The zero-order chi connectivity index (χ0) is 8.36. The van der Waals surface area contributed by atoms with Gasteiger partial charge in [-0.25, -0.2) is 19.6 Å². The molecule has 5 heteroatoms. The Kier molecular flexibility index (Phi) is 8.37. The second kappa shape index (κ2) is 9.11. The molecule has 0 saturated carbocycles. The van der Waals surface area contributed by atoms with Crippen LogP contribution in [0.1, 0.15) is 0 Å². The molecule has 0 aromatic heterocycles. The first-order chi connectivity index (χ1) is 5.41. The lowest BCUT2D eigenvalue weighted by atomic mass is 10.8. The normalized spacial score (nSPS) is 8.00. The van der Waals surface area contributed by atoms with Crippen molar-refractivity contribution in [3.63, 3.8) is 0 Å². The molecule has 0 saturated heterocycles. The number of carbonyl (C=O) groups excluding carboxylic acids is 2. The van der Waals surface area contributed by atoms with Crippen LogP contribution in [0.2, 0.25) is 0 Å². The highest BCUT2D eigenvalue weighted by atomic mass is 32.2. The van der Waals surface area contributed by atoms with E-state index >= 15 is 0 Å². The van der Waals surface area contributed by atoms with Gasteiger partial charge in [0.05, 0.1) is 13.1 Å². The second-order valence-corrected chi connectivity index (χ2v) is 2.78. The predicted molar refractivity (Wildman–Crippen MR) is 43.3 cm³/mol. The second-order valence-electron chi connectivity index (χ2n) is 1.56. The first-order valence-electron chi connectivity index (χ1n) is 3.07. The summed E-state index contributed by atoms with van der Waals surface area (Å²) in [5.74, 6) is 1.53. The van der Waals surface area contributed by atoms with Gasteiger partial charge in [0.1, 0.15) is 0 Å². The highest BCUT2D eigenvalue weighted by Gasteiger charge is 1.85. The Morgan fingerprint density at radius 3 is 1.82 bits per heavy atom. The third-order valence-corrected chi connectivity index (χ3v) is 1.77. The van der Waals surface area contributed by atoms with Crippen LogP contribution in [0.4, 0.5) is 0 Å². The Hall–Kier alpha value is -0.890. The number of isocyanates is 2. The third kappa shape index (κ3) is 9.11. The molecule has 0 amide bonds. The van der Waals surface area contributed by atoms with Crippen LogP contribution in [-0.2, 0) is 9.59 Å². The zero-order valence-electron chi connectivity index (χ0n) is 5.95. The number of thioether (sulfide) groups is 1. The van der Waals surface area contributed by atoms with E-state index in [1.165, 1.54) is 12.2 Å². The van der Waals surface area contributed by atoms with Crippen molar-refractivity contribution < 1.29 is 9.59 Å². The Balaban J connectivity index is 3.02.